The molecule has 0 atom stereocenters. The van der Waals surface area contributed by atoms with Gasteiger partial charge in [0.25, 0.3) is 0 Å². The van der Waals surface area contributed by atoms with E-state index in [4.69, 9.17) is 0 Å². The number of nitrogens with zero attached hydrogens (tertiary/aromatic N) is 2. The first-order valence-electron chi connectivity index (χ1n) is 9.07. The van der Waals surface area contributed by atoms with E-state index in [0.717, 1.165) is 42.1 Å². The van der Waals surface area contributed by atoms with Crippen molar-refractivity contribution in [3.8, 4) is 11.9 Å². The molecule has 1 saturated carbocycles. The monoisotopic (exact) mass is 336 g/mol. The summed E-state index contributed by atoms with van der Waals surface area (Å²) in [4.78, 5) is 0. The van der Waals surface area contributed by atoms with Gasteiger partial charge >= 0.3 is 11.9 Å². The second-order valence-corrected chi connectivity index (χ2v) is 6.87. The van der Waals surface area contributed by atoms with Crippen molar-refractivity contribution in [3.63, 3.8) is 0 Å². The standard InChI is InChI=1S/C21H22N2O2/c24-20-18-13-7-8-14-19(18)22(15-16-9-3-1-4-10-16)21(25)23(20)17-11-5-2-6-12-17/h1,3-4,7-10,13-14,17H,2,5-6,11-12,15H2/p+2. The van der Waals surface area contributed by atoms with Gasteiger partial charge in [0.15, 0.2) is 18.0 Å². The van der Waals surface area contributed by atoms with Crippen LogP contribution in [0.25, 0.3) is 10.9 Å². The molecule has 1 fully saturated rings. The van der Waals surface area contributed by atoms with Crippen LogP contribution in [0.2, 0.25) is 0 Å². The molecule has 1 aliphatic rings. The lowest BCUT2D eigenvalue weighted by Gasteiger charge is -2.17. The zero-order valence-corrected chi connectivity index (χ0v) is 14.3. The fraction of sp³-hybridized carbons (Fsp3) is 0.333. The van der Waals surface area contributed by atoms with Gasteiger partial charge in [-0.2, -0.15) is 0 Å². The molecule has 1 aromatic heterocycles. The summed E-state index contributed by atoms with van der Waals surface area (Å²) in [6.07, 6.45) is 5.51. The van der Waals surface area contributed by atoms with E-state index in [0.29, 0.717) is 6.54 Å². The molecular formula is C21H24N2O2+2. The second-order valence-electron chi connectivity index (χ2n) is 6.87. The van der Waals surface area contributed by atoms with E-state index in [1.807, 2.05) is 47.0 Å². The van der Waals surface area contributed by atoms with Gasteiger partial charge in [0.2, 0.25) is 5.52 Å². The van der Waals surface area contributed by atoms with Crippen molar-refractivity contribution in [1.29, 1.82) is 0 Å². The van der Waals surface area contributed by atoms with Gasteiger partial charge in [-0.05, 0) is 18.9 Å². The van der Waals surface area contributed by atoms with Gasteiger partial charge < -0.3 is 10.2 Å². The molecule has 1 heterocycles. The average molecular weight is 336 g/mol. The molecule has 0 unspecified atom stereocenters. The van der Waals surface area contributed by atoms with Gasteiger partial charge in [-0.15, -0.1) is 0 Å². The summed E-state index contributed by atoms with van der Waals surface area (Å²) in [6, 6.07) is 18.1. The minimum atomic E-state index is 0.131. The van der Waals surface area contributed by atoms with Crippen molar-refractivity contribution in [2.45, 2.75) is 44.7 Å². The molecule has 128 valence electrons. The number of rotatable bonds is 3. The summed E-state index contributed by atoms with van der Waals surface area (Å²) >= 11 is 0. The van der Waals surface area contributed by atoms with E-state index in [2.05, 4.69) is 12.1 Å². The molecule has 0 amide bonds. The first-order chi connectivity index (χ1) is 12.3. The third-order valence-electron chi connectivity index (χ3n) is 5.24. The van der Waals surface area contributed by atoms with E-state index in [1.165, 1.54) is 6.42 Å². The Morgan fingerprint density at radius 3 is 2.28 bits per heavy atom. The molecule has 0 bridgehead atoms. The molecule has 4 nitrogen and oxygen atoms in total. The maximum atomic E-state index is 11.0. The number of hydrogen-bond donors (Lipinski definition) is 2. The Bertz CT molecular complexity index is 887. The molecule has 2 N–H and O–H groups in total. The van der Waals surface area contributed by atoms with Crippen molar-refractivity contribution >= 4 is 10.9 Å². The van der Waals surface area contributed by atoms with Crippen LogP contribution < -0.4 is 9.13 Å². The Kier molecular flexibility index (Phi) is 4.26. The Balaban J connectivity index is 1.90. The summed E-state index contributed by atoms with van der Waals surface area (Å²) in [5.41, 5.74) is 1.96. The van der Waals surface area contributed by atoms with Crippen LogP contribution in [0.5, 0.6) is 11.9 Å². The number of para-hydroxylation sites is 1. The van der Waals surface area contributed by atoms with Crippen molar-refractivity contribution in [2.75, 3.05) is 0 Å². The van der Waals surface area contributed by atoms with Gasteiger partial charge in [-0.3, -0.25) is 0 Å². The highest BCUT2D eigenvalue weighted by atomic mass is 16.3. The number of fused-ring (bicyclic) bond motifs is 1. The summed E-state index contributed by atoms with van der Waals surface area (Å²) in [5.74, 6) is 0.171. The zero-order valence-electron chi connectivity index (χ0n) is 14.3. The maximum absolute atomic E-state index is 11.0. The molecule has 0 aliphatic heterocycles. The first-order valence-corrected chi connectivity index (χ1v) is 9.07. The highest BCUT2D eigenvalue weighted by Crippen LogP contribution is 2.29. The molecule has 25 heavy (non-hydrogen) atoms. The maximum Gasteiger partial charge on any atom is 0.632 e. The summed E-state index contributed by atoms with van der Waals surface area (Å²) in [6.45, 7) is 0.570. The lowest BCUT2D eigenvalue weighted by molar-refractivity contribution is -0.832. The molecular weight excluding hydrogens is 312 g/mol. The van der Waals surface area contributed by atoms with E-state index in [1.54, 1.807) is 4.57 Å². The third kappa shape index (κ3) is 2.93. The minimum Gasteiger partial charge on any atom is -0.459 e. The van der Waals surface area contributed by atoms with E-state index in [9.17, 15) is 10.2 Å². The van der Waals surface area contributed by atoms with Crippen LogP contribution in [0.1, 0.15) is 43.7 Å². The van der Waals surface area contributed by atoms with E-state index < -0.39 is 0 Å². The smallest absolute Gasteiger partial charge is 0.459 e. The van der Waals surface area contributed by atoms with Crippen molar-refractivity contribution < 1.29 is 19.3 Å². The van der Waals surface area contributed by atoms with Crippen LogP contribution >= 0.6 is 0 Å². The molecule has 1 aliphatic carbocycles. The van der Waals surface area contributed by atoms with Gasteiger partial charge in [0.1, 0.15) is 0 Å². The fourth-order valence-electron chi connectivity index (χ4n) is 3.96. The average Bonchev–Trinajstić information content (AvgIpc) is 2.67. The Morgan fingerprint density at radius 1 is 0.840 bits per heavy atom. The summed E-state index contributed by atoms with van der Waals surface area (Å²) in [7, 11) is 0. The van der Waals surface area contributed by atoms with Gasteiger partial charge in [-0.1, -0.05) is 58.0 Å². The molecule has 2 aromatic carbocycles. The minimum absolute atomic E-state index is 0.131. The zero-order chi connectivity index (χ0) is 17.2. The number of aromatic hydroxyl groups is 2. The van der Waals surface area contributed by atoms with Crippen molar-refractivity contribution in [3.05, 3.63) is 60.2 Å². The first kappa shape index (κ1) is 15.9. The number of aromatic nitrogens is 2. The van der Waals surface area contributed by atoms with Crippen molar-refractivity contribution in [2.24, 2.45) is 0 Å². The highest BCUT2D eigenvalue weighted by molar-refractivity contribution is 5.79. The molecule has 0 radical (unpaired) electrons. The predicted molar refractivity (Wildman–Crippen MR) is 95.3 cm³/mol. The second kappa shape index (κ2) is 6.71. The summed E-state index contributed by atoms with van der Waals surface area (Å²) in [5, 5.41) is 22.7. The van der Waals surface area contributed by atoms with E-state index >= 15 is 0 Å². The molecule has 0 spiro atoms. The SMILES string of the molecule is Oc1c2ccccc2[n+](Cc2ccccc2)c(O)[n+]1C1CCCCC1. The Morgan fingerprint density at radius 2 is 1.52 bits per heavy atom. The lowest BCUT2D eigenvalue weighted by atomic mass is 9.95. The molecule has 3 aromatic rings. The largest absolute Gasteiger partial charge is 0.632 e. The highest BCUT2D eigenvalue weighted by Gasteiger charge is 2.39. The topological polar surface area (TPSA) is 48.2 Å². The van der Waals surface area contributed by atoms with Gasteiger partial charge in [0.05, 0.1) is 0 Å². The van der Waals surface area contributed by atoms with Crippen LogP contribution in [0, 0.1) is 0 Å². The molecule has 4 heteroatoms. The third-order valence-corrected chi connectivity index (χ3v) is 5.24. The van der Waals surface area contributed by atoms with Crippen LogP contribution in [-0.4, -0.2) is 10.2 Å². The predicted octanol–water partition coefficient (Wildman–Crippen LogP) is 3.38. The molecule has 0 saturated heterocycles. The van der Waals surface area contributed by atoms with Crippen LogP contribution in [0.3, 0.4) is 0 Å². The van der Waals surface area contributed by atoms with Crippen molar-refractivity contribution in [1.82, 2.24) is 0 Å². The molecule has 4 rings (SSSR count). The quantitative estimate of drug-likeness (QED) is 0.721. The van der Waals surface area contributed by atoms with Gasteiger partial charge in [0, 0.05) is 24.5 Å². The van der Waals surface area contributed by atoms with Gasteiger partial charge in [-0.25, -0.2) is 0 Å². The van der Waals surface area contributed by atoms with Crippen LogP contribution in [0.4, 0.5) is 0 Å². The fourth-order valence-corrected chi connectivity index (χ4v) is 3.96. The van der Waals surface area contributed by atoms with Crippen LogP contribution in [0.15, 0.2) is 54.6 Å². The Hall–Kier alpha value is -2.62. The van der Waals surface area contributed by atoms with E-state index in [-0.39, 0.29) is 17.9 Å². The Labute approximate surface area is 147 Å². The normalized spacial score (nSPS) is 15.5. The number of hydrogen-bond acceptors (Lipinski definition) is 2. The number of benzene rings is 2. The lowest BCUT2D eigenvalue weighted by Crippen LogP contribution is -2.51. The van der Waals surface area contributed by atoms with Crippen LogP contribution in [-0.2, 0) is 6.54 Å². The summed E-state index contributed by atoms with van der Waals surface area (Å²) < 4.78 is 3.64.